The number of hydrogen-bond acceptors (Lipinski definition) is 5. The smallest absolute Gasteiger partial charge is 0.217 e. The standard InChI is InChI=1S/C25H33NO5/c1-23-10-7-17(27)14-16(23)5-6-18-19(23)8-11-24(2)20(18)9-12-25(24,30)21(28)15-31-13-3-4-22(26)29/h7-8,10,14,18,20,30H,3-6,9,11-13,15H2,1-2H3,(H2,26,29)/t18?,20?,23-,24-,25-/m0/s1. The van der Waals surface area contributed by atoms with Crippen LogP contribution in [0.1, 0.15) is 58.8 Å². The number of nitrogens with two attached hydrogens (primary N) is 1. The maximum atomic E-state index is 13.1. The van der Waals surface area contributed by atoms with Gasteiger partial charge in [-0.05, 0) is 69.4 Å². The van der Waals surface area contributed by atoms with Gasteiger partial charge >= 0.3 is 0 Å². The lowest BCUT2D eigenvalue weighted by molar-refractivity contribution is -0.157. The molecule has 4 aliphatic rings. The molecule has 6 nitrogen and oxygen atoms in total. The number of ether oxygens (including phenoxy) is 1. The van der Waals surface area contributed by atoms with Gasteiger partial charge in [0.2, 0.25) is 5.91 Å². The van der Waals surface area contributed by atoms with Crippen LogP contribution in [0.2, 0.25) is 0 Å². The molecular formula is C25H33NO5. The average Bonchev–Trinajstić information content (AvgIpc) is 3.00. The molecule has 0 bridgehead atoms. The van der Waals surface area contributed by atoms with Gasteiger partial charge in [0.1, 0.15) is 12.2 Å². The zero-order valence-corrected chi connectivity index (χ0v) is 18.5. The van der Waals surface area contributed by atoms with Crippen LogP contribution in [0.4, 0.5) is 0 Å². The second-order valence-corrected chi connectivity index (χ2v) is 10.1. The van der Waals surface area contributed by atoms with Crippen molar-refractivity contribution in [3.05, 3.63) is 35.5 Å². The van der Waals surface area contributed by atoms with Crippen LogP contribution in [-0.2, 0) is 19.1 Å². The van der Waals surface area contributed by atoms with E-state index in [1.807, 2.05) is 6.08 Å². The molecule has 2 fully saturated rings. The lowest BCUT2D eigenvalue weighted by Crippen LogP contribution is -2.55. The molecule has 31 heavy (non-hydrogen) atoms. The number of primary amides is 1. The highest BCUT2D eigenvalue weighted by Crippen LogP contribution is 2.65. The zero-order chi connectivity index (χ0) is 22.4. The predicted octanol–water partition coefficient (Wildman–Crippen LogP) is 2.80. The van der Waals surface area contributed by atoms with Gasteiger partial charge in [-0.1, -0.05) is 30.2 Å². The van der Waals surface area contributed by atoms with Gasteiger partial charge in [-0.25, -0.2) is 0 Å². The Bertz CT molecular complexity index is 902. The van der Waals surface area contributed by atoms with E-state index in [1.165, 1.54) is 11.1 Å². The number of amides is 1. The van der Waals surface area contributed by atoms with E-state index in [0.717, 1.165) is 19.3 Å². The quantitative estimate of drug-likeness (QED) is 0.480. The van der Waals surface area contributed by atoms with Crippen molar-refractivity contribution < 1.29 is 24.2 Å². The highest BCUT2D eigenvalue weighted by molar-refractivity contribution is 6.01. The number of allylic oxidation sites excluding steroid dienone is 6. The van der Waals surface area contributed by atoms with E-state index in [2.05, 4.69) is 19.9 Å². The van der Waals surface area contributed by atoms with E-state index < -0.39 is 11.0 Å². The number of ketones is 2. The normalized spacial score (nSPS) is 38.6. The van der Waals surface area contributed by atoms with Crippen LogP contribution in [0.5, 0.6) is 0 Å². The number of rotatable bonds is 7. The summed E-state index contributed by atoms with van der Waals surface area (Å²) in [4.78, 5) is 35.8. The Kier molecular flexibility index (Phi) is 5.59. The summed E-state index contributed by atoms with van der Waals surface area (Å²) < 4.78 is 5.47. The van der Waals surface area contributed by atoms with Crippen LogP contribution < -0.4 is 5.73 Å². The van der Waals surface area contributed by atoms with Crippen LogP contribution in [0.15, 0.2) is 35.5 Å². The van der Waals surface area contributed by atoms with Crippen molar-refractivity contribution in [2.75, 3.05) is 13.2 Å². The molecule has 0 saturated heterocycles. The summed E-state index contributed by atoms with van der Waals surface area (Å²) in [7, 11) is 0. The van der Waals surface area contributed by atoms with Gasteiger partial charge in [0.05, 0.1) is 0 Å². The van der Waals surface area contributed by atoms with Crippen molar-refractivity contribution in [3.63, 3.8) is 0 Å². The number of hydrogen-bond donors (Lipinski definition) is 2. The Morgan fingerprint density at radius 3 is 2.81 bits per heavy atom. The van der Waals surface area contributed by atoms with Gasteiger partial charge in [0.25, 0.3) is 0 Å². The highest BCUT2D eigenvalue weighted by Gasteiger charge is 2.64. The first-order valence-corrected chi connectivity index (χ1v) is 11.4. The van der Waals surface area contributed by atoms with E-state index in [1.54, 1.807) is 12.2 Å². The lowest BCUT2D eigenvalue weighted by atomic mass is 9.51. The first-order valence-electron chi connectivity index (χ1n) is 11.4. The number of carbonyl (C=O) groups is 3. The Morgan fingerprint density at radius 2 is 2.06 bits per heavy atom. The fraction of sp³-hybridized carbons (Fsp3) is 0.640. The molecule has 0 aromatic heterocycles. The number of carbonyl (C=O) groups excluding carboxylic acids is 3. The summed E-state index contributed by atoms with van der Waals surface area (Å²) in [6, 6.07) is 0. The Balaban J connectivity index is 1.52. The Hall–Kier alpha value is -2.05. The van der Waals surface area contributed by atoms with Crippen molar-refractivity contribution in [1.29, 1.82) is 0 Å². The van der Waals surface area contributed by atoms with E-state index in [0.29, 0.717) is 25.2 Å². The molecular weight excluding hydrogens is 394 g/mol. The minimum atomic E-state index is -1.40. The lowest BCUT2D eigenvalue weighted by Gasteiger charge is -2.53. The maximum Gasteiger partial charge on any atom is 0.217 e. The molecule has 0 aliphatic heterocycles. The fourth-order valence-electron chi connectivity index (χ4n) is 6.63. The average molecular weight is 428 g/mol. The van der Waals surface area contributed by atoms with Crippen LogP contribution in [-0.4, -0.2) is 41.4 Å². The molecule has 2 saturated carbocycles. The SMILES string of the molecule is C[C@]12C=CC(=O)C=C1CCC1C2=CC[C@@]2(C)C1CC[C@]2(O)C(=O)COCCCC(N)=O. The minimum absolute atomic E-state index is 0.0591. The monoisotopic (exact) mass is 427 g/mol. The van der Waals surface area contributed by atoms with E-state index in [4.69, 9.17) is 10.5 Å². The second kappa shape index (κ2) is 7.82. The fourth-order valence-corrected chi connectivity index (χ4v) is 6.63. The van der Waals surface area contributed by atoms with Gasteiger partial charge in [-0.15, -0.1) is 0 Å². The molecule has 0 aromatic rings. The van der Waals surface area contributed by atoms with Gasteiger partial charge in [0.15, 0.2) is 11.6 Å². The molecule has 4 rings (SSSR count). The minimum Gasteiger partial charge on any atom is -0.381 e. The largest absolute Gasteiger partial charge is 0.381 e. The maximum absolute atomic E-state index is 13.1. The van der Waals surface area contributed by atoms with E-state index >= 15 is 0 Å². The zero-order valence-electron chi connectivity index (χ0n) is 18.5. The van der Waals surface area contributed by atoms with Crippen molar-refractivity contribution >= 4 is 17.5 Å². The van der Waals surface area contributed by atoms with E-state index in [-0.39, 0.29) is 48.4 Å². The molecule has 6 heteroatoms. The second-order valence-electron chi connectivity index (χ2n) is 10.1. The van der Waals surface area contributed by atoms with Crippen LogP contribution in [0.25, 0.3) is 0 Å². The van der Waals surface area contributed by atoms with Crippen molar-refractivity contribution in [3.8, 4) is 0 Å². The topological polar surface area (TPSA) is 107 Å². The molecule has 5 atom stereocenters. The van der Waals surface area contributed by atoms with Crippen molar-refractivity contribution in [2.45, 2.75) is 64.4 Å². The summed E-state index contributed by atoms with van der Waals surface area (Å²) in [6.45, 7) is 4.37. The third kappa shape index (κ3) is 3.44. The predicted molar refractivity (Wildman–Crippen MR) is 116 cm³/mol. The molecule has 3 N–H and O–H groups in total. The number of Topliss-reactive ketones (excluding diaryl/α,β-unsaturated/α-hetero) is 1. The summed E-state index contributed by atoms with van der Waals surface area (Å²) in [5, 5.41) is 11.6. The van der Waals surface area contributed by atoms with E-state index in [9.17, 15) is 19.5 Å². The Labute approximate surface area is 183 Å². The molecule has 0 aromatic carbocycles. The first-order chi connectivity index (χ1) is 14.6. The summed E-state index contributed by atoms with van der Waals surface area (Å²) in [5.41, 5.74) is 5.49. The summed E-state index contributed by atoms with van der Waals surface area (Å²) in [5.74, 6) is -0.0679. The van der Waals surface area contributed by atoms with Crippen LogP contribution in [0, 0.1) is 22.7 Å². The van der Waals surface area contributed by atoms with Crippen molar-refractivity contribution in [1.82, 2.24) is 0 Å². The number of aliphatic hydroxyl groups is 1. The first kappa shape index (κ1) is 22.2. The van der Waals surface area contributed by atoms with Crippen LogP contribution >= 0.6 is 0 Å². The number of fused-ring (bicyclic) bond motifs is 5. The van der Waals surface area contributed by atoms with Gasteiger partial charge < -0.3 is 15.6 Å². The van der Waals surface area contributed by atoms with Crippen LogP contribution in [0.3, 0.4) is 0 Å². The molecule has 0 heterocycles. The molecule has 4 aliphatic carbocycles. The molecule has 2 unspecified atom stereocenters. The third-order valence-electron chi connectivity index (χ3n) is 8.51. The highest BCUT2D eigenvalue weighted by atomic mass is 16.5. The molecule has 168 valence electrons. The summed E-state index contributed by atoms with van der Waals surface area (Å²) >= 11 is 0. The van der Waals surface area contributed by atoms with Gasteiger partial charge in [-0.2, -0.15) is 0 Å². The summed E-state index contributed by atoms with van der Waals surface area (Å²) in [6.07, 6.45) is 12.1. The van der Waals surface area contributed by atoms with Gasteiger partial charge in [-0.3, -0.25) is 14.4 Å². The van der Waals surface area contributed by atoms with Crippen molar-refractivity contribution in [2.24, 2.45) is 28.4 Å². The molecule has 0 spiro atoms. The molecule has 1 amide bonds. The molecule has 0 radical (unpaired) electrons. The third-order valence-corrected chi connectivity index (χ3v) is 8.51. The Morgan fingerprint density at radius 1 is 1.29 bits per heavy atom. The van der Waals surface area contributed by atoms with Gasteiger partial charge in [0, 0.05) is 23.9 Å².